The number of carboxylic acid groups (broad SMARTS) is 1. The lowest BCUT2D eigenvalue weighted by atomic mass is 10.0. The Bertz CT molecular complexity index is 252. The summed E-state index contributed by atoms with van der Waals surface area (Å²) in [5.41, 5.74) is 0. The van der Waals surface area contributed by atoms with E-state index < -0.39 is 12.0 Å². The van der Waals surface area contributed by atoms with E-state index in [4.69, 9.17) is 5.11 Å². The van der Waals surface area contributed by atoms with Gasteiger partial charge in [-0.15, -0.1) is 0 Å². The molecule has 1 N–H and O–H groups in total. The maximum Gasteiger partial charge on any atom is 0.326 e. The van der Waals surface area contributed by atoms with E-state index in [9.17, 15) is 9.59 Å². The lowest BCUT2D eigenvalue weighted by Gasteiger charge is -2.23. The summed E-state index contributed by atoms with van der Waals surface area (Å²) in [6, 6.07) is -0.626. The van der Waals surface area contributed by atoms with Crippen molar-refractivity contribution in [2.45, 2.75) is 45.6 Å². The number of rotatable bonds is 5. The van der Waals surface area contributed by atoms with Crippen molar-refractivity contribution in [2.75, 3.05) is 6.54 Å². The lowest BCUT2D eigenvalue weighted by molar-refractivity contribution is -0.148. The number of aliphatic carboxylic acids is 1. The smallest absolute Gasteiger partial charge is 0.326 e. The molecule has 2 atom stereocenters. The molecule has 4 heteroatoms. The predicted octanol–water partition coefficient (Wildman–Crippen LogP) is 1.50. The van der Waals surface area contributed by atoms with Gasteiger partial charge in [0, 0.05) is 13.0 Å². The van der Waals surface area contributed by atoms with E-state index in [0.29, 0.717) is 25.3 Å². The second-order valence-electron chi connectivity index (χ2n) is 4.17. The normalized spacial score (nSPS) is 23.2. The molecule has 0 spiro atoms. The van der Waals surface area contributed by atoms with Crippen LogP contribution in [0.25, 0.3) is 0 Å². The average Bonchev–Trinajstić information content (AvgIpc) is 2.49. The highest BCUT2D eigenvalue weighted by Gasteiger charge is 2.36. The fraction of sp³-hybridized carbons (Fsp3) is 0.818. The number of amides is 1. The molecular weight excluding hydrogens is 194 g/mol. The molecule has 86 valence electrons. The topological polar surface area (TPSA) is 57.6 Å². The zero-order chi connectivity index (χ0) is 11.4. The van der Waals surface area contributed by atoms with Crippen LogP contribution in [0, 0.1) is 5.92 Å². The van der Waals surface area contributed by atoms with Crippen LogP contribution in [0.4, 0.5) is 0 Å². The minimum Gasteiger partial charge on any atom is -0.480 e. The van der Waals surface area contributed by atoms with E-state index in [1.54, 1.807) is 6.92 Å². The van der Waals surface area contributed by atoms with Gasteiger partial charge in [0.15, 0.2) is 0 Å². The van der Waals surface area contributed by atoms with Gasteiger partial charge in [0.25, 0.3) is 0 Å². The molecule has 1 saturated heterocycles. The molecule has 0 aromatic rings. The van der Waals surface area contributed by atoms with Crippen molar-refractivity contribution in [2.24, 2.45) is 5.92 Å². The van der Waals surface area contributed by atoms with Crippen molar-refractivity contribution in [1.82, 2.24) is 4.90 Å². The van der Waals surface area contributed by atoms with E-state index in [1.165, 1.54) is 4.90 Å². The van der Waals surface area contributed by atoms with Crippen LogP contribution in [-0.4, -0.2) is 34.5 Å². The second kappa shape index (κ2) is 5.14. The van der Waals surface area contributed by atoms with Crippen LogP contribution in [0.2, 0.25) is 0 Å². The molecule has 1 fully saturated rings. The molecule has 1 aliphatic heterocycles. The largest absolute Gasteiger partial charge is 0.480 e. The minimum absolute atomic E-state index is 0.00250. The monoisotopic (exact) mass is 213 g/mol. The molecule has 0 unspecified atom stereocenters. The van der Waals surface area contributed by atoms with Gasteiger partial charge in [-0.2, -0.15) is 0 Å². The minimum atomic E-state index is -0.886. The van der Waals surface area contributed by atoms with E-state index in [2.05, 4.69) is 6.92 Å². The molecule has 1 rings (SSSR count). The molecule has 0 saturated carbocycles. The van der Waals surface area contributed by atoms with Crippen molar-refractivity contribution < 1.29 is 14.7 Å². The maximum absolute atomic E-state index is 11.6. The predicted molar refractivity (Wildman–Crippen MR) is 56.4 cm³/mol. The van der Waals surface area contributed by atoms with Gasteiger partial charge in [0.1, 0.15) is 6.04 Å². The molecule has 0 radical (unpaired) electrons. The van der Waals surface area contributed by atoms with Crippen LogP contribution in [0.1, 0.15) is 39.5 Å². The number of carbonyl (C=O) groups excluding carboxylic acids is 1. The third kappa shape index (κ3) is 2.70. The number of hydrogen-bond acceptors (Lipinski definition) is 2. The fourth-order valence-electron chi connectivity index (χ4n) is 2.24. The quantitative estimate of drug-likeness (QED) is 0.753. The van der Waals surface area contributed by atoms with Crippen LogP contribution in [0.15, 0.2) is 0 Å². The van der Waals surface area contributed by atoms with E-state index in [-0.39, 0.29) is 5.91 Å². The molecule has 1 heterocycles. The van der Waals surface area contributed by atoms with E-state index in [0.717, 1.165) is 12.8 Å². The fourth-order valence-corrected chi connectivity index (χ4v) is 2.24. The summed E-state index contributed by atoms with van der Waals surface area (Å²) < 4.78 is 0. The van der Waals surface area contributed by atoms with Crippen LogP contribution in [-0.2, 0) is 9.59 Å². The summed E-state index contributed by atoms with van der Waals surface area (Å²) in [5, 5.41) is 8.97. The van der Waals surface area contributed by atoms with Crippen LogP contribution >= 0.6 is 0 Å². The maximum atomic E-state index is 11.6. The number of likely N-dealkylation sites (tertiary alicyclic amines) is 1. The Labute approximate surface area is 90.3 Å². The van der Waals surface area contributed by atoms with Crippen LogP contribution in [0.5, 0.6) is 0 Å². The second-order valence-corrected chi connectivity index (χ2v) is 4.17. The van der Waals surface area contributed by atoms with Gasteiger partial charge in [-0.1, -0.05) is 20.3 Å². The summed E-state index contributed by atoms with van der Waals surface area (Å²) in [6.45, 7) is 4.51. The van der Waals surface area contributed by atoms with Gasteiger partial charge in [0.2, 0.25) is 5.91 Å². The molecule has 1 amide bonds. The zero-order valence-electron chi connectivity index (χ0n) is 9.40. The molecule has 15 heavy (non-hydrogen) atoms. The Hall–Kier alpha value is -1.06. The van der Waals surface area contributed by atoms with Gasteiger partial charge < -0.3 is 10.0 Å². The average molecular weight is 213 g/mol. The Morgan fingerprint density at radius 1 is 1.60 bits per heavy atom. The first-order chi connectivity index (χ1) is 7.10. The Balaban J connectivity index is 2.63. The number of hydrogen-bond donors (Lipinski definition) is 1. The van der Waals surface area contributed by atoms with Crippen molar-refractivity contribution in [3.8, 4) is 0 Å². The molecule has 0 aliphatic carbocycles. The van der Waals surface area contributed by atoms with Gasteiger partial charge in [-0.25, -0.2) is 4.79 Å². The van der Waals surface area contributed by atoms with Gasteiger partial charge in [0.05, 0.1) is 0 Å². The number of carbonyl (C=O) groups is 2. The molecule has 0 bridgehead atoms. The standard InChI is InChI=1S/C11H19NO3/c1-3-5-8-6-10(13)12(7-8)9(4-2)11(14)15/h8-9H,3-7H2,1-2H3,(H,14,15)/t8-,9-/m1/s1. The SMILES string of the molecule is CCC[C@@H]1CC(=O)N([C@H](CC)C(=O)O)C1. The van der Waals surface area contributed by atoms with Crippen molar-refractivity contribution in [3.63, 3.8) is 0 Å². The van der Waals surface area contributed by atoms with Crippen molar-refractivity contribution in [3.05, 3.63) is 0 Å². The highest BCUT2D eigenvalue weighted by Crippen LogP contribution is 2.24. The molecule has 0 aromatic heterocycles. The summed E-state index contributed by atoms with van der Waals surface area (Å²) in [7, 11) is 0. The molecule has 0 aromatic carbocycles. The molecular formula is C11H19NO3. The first-order valence-electron chi connectivity index (χ1n) is 5.62. The summed E-state index contributed by atoms with van der Waals surface area (Å²) >= 11 is 0. The van der Waals surface area contributed by atoms with Gasteiger partial charge >= 0.3 is 5.97 Å². The summed E-state index contributed by atoms with van der Waals surface area (Å²) in [6.07, 6.45) is 3.07. The Morgan fingerprint density at radius 3 is 2.73 bits per heavy atom. The third-order valence-electron chi connectivity index (χ3n) is 2.98. The first-order valence-corrected chi connectivity index (χ1v) is 5.62. The van der Waals surface area contributed by atoms with Gasteiger partial charge in [-0.3, -0.25) is 4.79 Å². The third-order valence-corrected chi connectivity index (χ3v) is 2.98. The zero-order valence-corrected chi connectivity index (χ0v) is 9.40. The lowest BCUT2D eigenvalue weighted by Crippen LogP contribution is -2.41. The van der Waals surface area contributed by atoms with Crippen molar-refractivity contribution >= 4 is 11.9 Å². The number of carboxylic acids is 1. The van der Waals surface area contributed by atoms with Crippen molar-refractivity contribution in [1.29, 1.82) is 0 Å². The van der Waals surface area contributed by atoms with E-state index in [1.807, 2.05) is 0 Å². The summed E-state index contributed by atoms with van der Waals surface area (Å²) in [5.74, 6) is -0.526. The van der Waals surface area contributed by atoms with Crippen LogP contribution < -0.4 is 0 Å². The highest BCUT2D eigenvalue weighted by atomic mass is 16.4. The summed E-state index contributed by atoms with van der Waals surface area (Å²) in [4.78, 5) is 24.1. The number of nitrogens with zero attached hydrogens (tertiary/aromatic N) is 1. The van der Waals surface area contributed by atoms with Crippen LogP contribution in [0.3, 0.4) is 0 Å². The molecule has 1 aliphatic rings. The highest BCUT2D eigenvalue weighted by molar-refractivity contribution is 5.85. The van der Waals surface area contributed by atoms with E-state index >= 15 is 0 Å². The van der Waals surface area contributed by atoms with Gasteiger partial charge in [-0.05, 0) is 18.8 Å². The Kier molecular flexibility index (Phi) is 4.12. The first kappa shape index (κ1) is 12.0. The molecule has 4 nitrogen and oxygen atoms in total. The Morgan fingerprint density at radius 2 is 2.27 bits per heavy atom.